The molecule has 0 aliphatic carbocycles. The van der Waals surface area contributed by atoms with Gasteiger partial charge in [0.05, 0.1) is 17.8 Å². The summed E-state index contributed by atoms with van der Waals surface area (Å²) in [5, 5.41) is 3.29. The molecule has 11 heteroatoms. The largest absolute Gasteiger partial charge is 0.349 e. The van der Waals surface area contributed by atoms with E-state index in [0.29, 0.717) is 41.0 Å². The van der Waals surface area contributed by atoms with Gasteiger partial charge in [-0.2, -0.15) is 0 Å². The van der Waals surface area contributed by atoms with Crippen molar-refractivity contribution < 1.29 is 18.0 Å². The van der Waals surface area contributed by atoms with Crippen LogP contribution in [0.1, 0.15) is 12.8 Å². The van der Waals surface area contributed by atoms with Crippen LogP contribution in [-0.2, 0) is 4.79 Å². The minimum Gasteiger partial charge on any atom is -0.349 e. The molecule has 3 aromatic rings. The number of anilines is 1. The normalized spacial score (nSPS) is 16.7. The summed E-state index contributed by atoms with van der Waals surface area (Å²) in [5.74, 6) is -1.09. The van der Waals surface area contributed by atoms with Gasteiger partial charge in [-0.1, -0.05) is 11.6 Å². The zero-order valence-electron chi connectivity index (χ0n) is 15.0. The average molecular weight is 425 g/mol. The van der Waals surface area contributed by atoms with Gasteiger partial charge in [-0.25, -0.2) is 28.1 Å². The molecular formula is C18H16ClF3N6O. The van der Waals surface area contributed by atoms with Crippen molar-refractivity contribution in [1.29, 1.82) is 0 Å². The van der Waals surface area contributed by atoms with Gasteiger partial charge in [-0.15, -0.1) is 0 Å². The molecule has 1 amide bonds. The molecule has 0 aromatic carbocycles. The van der Waals surface area contributed by atoms with E-state index in [2.05, 4.69) is 25.3 Å². The highest BCUT2D eigenvalue weighted by atomic mass is 35.5. The van der Waals surface area contributed by atoms with E-state index >= 15 is 0 Å². The second-order valence-corrected chi connectivity index (χ2v) is 7.04. The first-order valence-electron chi connectivity index (χ1n) is 8.92. The Balaban J connectivity index is 1.68. The third kappa shape index (κ3) is 3.84. The van der Waals surface area contributed by atoms with Crippen LogP contribution in [0.5, 0.6) is 0 Å². The summed E-state index contributed by atoms with van der Waals surface area (Å²) in [7, 11) is 0. The molecule has 2 N–H and O–H groups in total. The summed E-state index contributed by atoms with van der Waals surface area (Å²) in [6, 6.07) is 0.920. The molecule has 0 unspecified atom stereocenters. The Morgan fingerprint density at radius 1 is 1.38 bits per heavy atom. The number of hydrogen-bond acceptors (Lipinski definition) is 5. The van der Waals surface area contributed by atoms with Crippen molar-refractivity contribution in [3.63, 3.8) is 0 Å². The number of fused-ring (bicyclic) bond motifs is 1. The third-order valence-corrected chi connectivity index (χ3v) is 4.93. The fraction of sp³-hybridized carbons (Fsp3) is 0.333. The first kappa shape index (κ1) is 19.4. The lowest BCUT2D eigenvalue weighted by Crippen LogP contribution is -2.45. The number of aromatic nitrogens is 4. The second kappa shape index (κ2) is 7.86. The van der Waals surface area contributed by atoms with Crippen molar-refractivity contribution in [2.24, 2.45) is 0 Å². The Bertz CT molecular complexity index is 1060. The third-order valence-electron chi connectivity index (χ3n) is 4.72. The highest BCUT2D eigenvalue weighted by Gasteiger charge is 2.34. The fourth-order valence-corrected chi connectivity index (χ4v) is 3.60. The molecule has 1 atom stereocenters. The number of halogens is 4. The van der Waals surface area contributed by atoms with Crippen LogP contribution in [0, 0.1) is 5.82 Å². The van der Waals surface area contributed by atoms with Gasteiger partial charge in [0, 0.05) is 29.9 Å². The number of rotatable bonds is 5. The molecule has 1 aliphatic rings. The highest BCUT2D eigenvalue weighted by molar-refractivity contribution is 6.31. The van der Waals surface area contributed by atoms with Crippen molar-refractivity contribution in [3.05, 3.63) is 35.5 Å². The number of amides is 1. The summed E-state index contributed by atoms with van der Waals surface area (Å²) in [5.41, 5.74) is 1.15. The number of alkyl halides is 2. The van der Waals surface area contributed by atoms with Crippen LogP contribution in [0.15, 0.2) is 24.7 Å². The topological polar surface area (TPSA) is 86.8 Å². The predicted octanol–water partition coefficient (Wildman–Crippen LogP) is 3.16. The molecule has 4 rings (SSSR count). The van der Waals surface area contributed by atoms with E-state index in [1.54, 1.807) is 12.3 Å². The lowest BCUT2D eigenvalue weighted by molar-refractivity contribution is -0.122. The van der Waals surface area contributed by atoms with Gasteiger partial charge >= 0.3 is 0 Å². The summed E-state index contributed by atoms with van der Waals surface area (Å²) < 4.78 is 39.3. The number of carbonyl (C=O) groups is 1. The maximum absolute atomic E-state index is 14.5. The standard InChI is InChI=1S/C18H16ClF3N6O/c19-9-4-10-11(6-24-15(10)23-5-9)16-25-7-12(20)17(27-16)28-3-1-2-13(28)18(29)26-8-14(21)22/h4-7,13-14H,1-3,8H2,(H,23,24)(H,26,29)/t13-/m1/s1. The minimum atomic E-state index is -2.65. The molecule has 1 saturated heterocycles. The van der Waals surface area contributed by atoms with Crippen molar-refractivity contribution in [3.8, 4) is 11.4 Å². The highest BCUT2D eigenvalue weighted by Crippen LogP contribution is 2.31. The van der Waals surface area contributed by atoms with Gasteiger partial charge in [-0.3, -0.25) is 4.79 Å². The smallest absolute Gasteiger partial charge is 0.255 e. The summed E-state index contributed by atoms with van der Waals surface area (Å²) in [6.07, 6.45) is 2.54. The van der Waals surface area contributed by atoms with Gasteiger partial charge in [0.25, 0.3) is 6.43 Å². The number of aromatic amines is 1. The SMILES string of the molecule is O=C(NCC(F)F)[C@H]1CCCN1c1nc(-c2c[nH]c3ncc(Cl)cc23)ncc1F. The van der Waals surface area contributed by atoms with Crippen molar-refractivity contribution in [1.82, 2.24) is 25.3 Å². The minimum absolute atomic E-state index is 0.0472. The van der Waals surface area contributed by atoms with E-state index in [4.69, 9.17) is 11.6 Å². The molecule has 152 valence electrons. The molecule has 1 aliphatic heterocycles. The van der Waals surface area contributed by atoms with Crippen LogP contribution in [-0.4, -0.2) is 51.4 Å². The quantitative estimate of drug-likeness (QED) is 0.657. The molecule has 3 aromatic heterocycles. The predicted molar refractivity (Wildman–Crippen MR) is 101 cm³/mol. The van der Waals surface area contributed by atoms with Crippen molar-refractivity contribution >= 4 is 34.4 Å². The number of hydrogen-bond donors (Lipinski definition) is 2. The van der Waals surface area contributed by atoms with Gasteiger partial charge in [0.2, 0.25) is 5.91 Å². The number of carbonyl (C=O) groups excluding carboxylic acids is 1. The van der Waals surface area contributed by atoms with Crippen molar-refractivity contribution in [2.45, 2.75) is 25.3 Å². The van der Waals surface area contributed by atoms with Crippen LogP contribution in [0.25, 0.3) is 22.4 Å². The summed E-state index contributed by atoms with van der Waals surface area (Å²) in [6.45, 7) is -0.370. The van der Waals surface area contributed by atoms with E-state index < -0.39 is 30.7 Å². The molecule has 0 bridgehead atoms. The Hall–Kier alpha value is -2.88. The Kier molecular flexibility index (Phi) is 5.27. The van der Waals surface area contributed by atoms with E-state index in [9.17, 15) is 18.0 Å². The van der Waals surface area contributed by atoms with E-state index in [0.717, 1.165) is 6.20 Å². The molecule has 4 heterocycles. The number of H-pyrrole nitrogens is 1. The second-order valence-electron chi connectivity index (χ2n) is 6.60. The monoisotopic (exact) mass is 424 g/mol. The molecule has 0 spiro atoms. The zero-order chi connectivity index (χ0) is 20.5. The lowest BCUT2D eigenvalue weighted by Gasteiger charge is -2.25. The number of pyridine rings is 1. The van der Waals surface area contributed by atoms with Gasteiger partial charge in [0.15, 0.2) is 17.5 Å². The first-order chi connectivity index (χ1) is 13.9. The van der Waals surface area contributed by atoms with Crippen LogP contribution in [0.4, 0.5) is 19.0 Å². The van der Waals surface area contributed by atoms with Crippen LogP contribution in [0.2, 0.25) is 5.02 Å². The molecular weight excluding hydrogens is 409 g/mol. The first-order valence-corrected chi connectivity index (χ1v) is 9.30. The van der Waals surface area contributed by atoms with Crippen molar-refractivity contribution in [2.75, 3.05) is 18.0 Å². The zero-order valence-corrected chi connectivity index (χ0v) is 15.8. The fourth-order valence-electron chi connectivity index (χ4n) is 3.44. The summed E-state index contributed by atoms with van der Waals surface area (Å²) >= 11 is 6.02. The molecule has 0 saturated carbocycles. The van der Waals surface area contributed by atoms with E-state index in [1.807, 2.05) is 0 Å². The Morgan fingerprint density at radius 2 is 2.21 bits per heavy atom. The molecule has 0 radical (unpaired) electrons. The molecule has 29 heavy (non-hydrogen) atoms. The summed E-state index contributed by atoms with van der Waals surface area (Å²) in [4.78, 5) is 29.3. The molecule has 7 nitrogen and oxygen atoms in total. The number of nitrogens with one attached hydrogen (secondary N) is 2. The number of nitrogens with zero attached hydrogens (tertiary/aromatic N) is 4. The van der Waals surface area contributed by atoms with Crippen LogP contribution < -0.4 is 10.2 Å². The maximum Gasteiger partial charge on any atom is 0.255 e. The maximum atomic E-state index is 14.5. The van der Waals surface area contributed by atoms with E-state index in [1.165, 1.54) is 11.1 Å². The Morgan fingerprint density at radius 3 is 3.00 bits per heavy atom. The molecule has 1 fully saturated rings. The average Bonchev–Trinajstić information content (AvgIpc) is 3.33. The van der Waals surface area contributed by atoms with Gasteiger partial charge in [0.1, 0.15) is 11.7 Å². The van der Waals surface area contributed by atoms with Crippen LogP contribution >= 0.6 is 11.6 Å². The van der Waals surface area contributed by atoms with E-state index in [-0.39, 0.29) is 11.6 Å². The van der Waals surface area contributed by atoms with Gasteiger partial charge in [-0.05, 0) is 18.9 Å². The van der Waals surface area contributed by atoms with Crippen LogP contribution in [0.3, 0.4) is 0 Å². The van der Waals surface area contributed by atoms with Gasteiger partial charge < -0.3 is 15.2 Å². The lowest BCUT2D eigenvalue weighted by atomic mass is 10.2. The Labute approximate surface area is 168 Å².